The number of hydrogen-bond donors (Lipinski definition) is 1. The third-order valence-corrected chi connectivity index (χ3v) is 4.47. The Kier molecular flexibility index (Phi) is 4.27. The number of rotatable bonds is 5. The molecule has 0 saturated carbocycles. The van der Waals surface area contributed by atoms with Crippen molar-refractivity contribution < 1.29 is 0 Å². The predicted molar refractivity (Wildman–Crippen MR) is 76.6 cm³/mol. The van der Waals surface area contributed by atoms with Crippen molar-refractivity contribution in [3.8, 4) is 0 Å². The maximum atomic E-state index is 3.42. The number of thiophene rings is 1. The second kappa shape index (κ2) is 5.71. The summed E-state index contributed by atoms with van der Waals surface area (Å²) in [5, 5.41) is 7.13. The van der Waals surface area contributed by atoms with Gasteiger partial charge in [0.1, 0.15) is 0 Å². The van der Waals surface area contributed by atoms with Crippen molar-refractivity contribution in [2.45, 2.75) is 12.5 Å². The highest BCUT2D eigenvalue weighted by Gasteiger charge is 2.13. The summed E-state index contributed by atoms with van der Waals surface area (Å²) >= 11 is 3.76. The molecule has 1 heterocycles. The van der Waals surface area contributed by atoms with Gasteiger partial charge in [0, 0.05) is 10.7 Å². The molecular weight excluding hydrogens is 234 g/mol. The van der Waals surface area contributed by atoms with Gasteiger partial charge in [-0.25, -0.2) is 0 Å². The first-order chi connectivity index (χ1) is 7.86. The highest BCUT2D eigenvalue weighted by molar-refractivity contribution is 7.98. The summed E-state index contributed by atoms with van der Waals surface area (Å²) in [7, 11) is 2.05. The van der Waals surface area contributed by atoms with E-state index in [1.165, 1.54) is 27.8 Å². The maximum absolute atomic E-state index is 3.42. The first-order valence-electron chi connectivity index (χ1n) is 5.49. The Hall–Kier alpha value is -0.510. The van der Waals surface area contributed by atoms with E-state index in [-0.39, 0.29) is 0 Å². The summed E-state index contributed by atoms with van der Waals surface area (Å²) in [4.78, 5) is 0. The molecule has 0 saturated heterocycles. The van der Waals surface area contributed by atoms with Crippen LogP contribution < -0.4 is 5.32 Å². The number of thioether (sulfide) groups is 1. The Bertz CT molecular complexity index is 450. The van der Waals surface area contributed by atoms with E-state index in [1.807, 2.05) is 23.1 Å². The Morgan fingerprint density at radius 1 is 1.38 bits per heavy atom. The lowest BCUT2D eigenvalue weighted by Crippen LogP contribution is -2.16. The number of benzene rings is 1. The van der Waals surface area contributed by atoms with Crippen LogP contribution in [-0.2, 0) is 0 Å². The second-order valence-corrected chi connectivity index (χ2v) is 5.71. The average molecular weight is 251 g/mol. The van der Waals surface area contributed by atoms with Gasteiger partial charge in [-0.2, -0.15) is 11.8 Å². The van der Waals surface area contributed by atoms with Crippen LogP contribution >= 0.6 is 23.1 Å². The molecule has 0 fully saturated rings. The monoisotopic (exact) mass is 251 g/mol. The lowest BCUT2D eigenvalue weighted by molar-refractivity contribution is 0.587. The van der Waals surface area contributed by atoms with Crippen LogP contribution in [0.25, 0.3) is 10.1 Å². The van der Waals surface area contributed by atoms with Gasteiger partial charge in [-0.1, -0.05) is 18.2 Å². The molecule has 1 aromatic heterocycles. The Balaban J connectivity index is 2.30. The van der Waals surface area contributed by atoms with Crippen LogP contribution in [0, 0.1) is 0 Å². The first kappa shape index (κ1) is 12.0. The highest BCUT2D eigenvalue weighted by Crippen LogP contribution is 2.31. The number of hydrogen-bond acceptors (Lipinski definition) is 3. The SMILES string of the molecule is CNC(CCSC)c1csc2ccccc12. The molecule has 2 rings (SSSR count). The fourth-order valence-electron chi connectivity index (χ4n) is 1.96. The standard InChI is InChI=1S/C13H17NS2/c1-14-12(7-8-15-2)11-9-16-13-6-4-3-5-10(11)13/h3-6,9,12,14H,7-8H2,1-2H3. The molecule has 0 spiro atoms. The molecule has 1 unspecified atom stereocenters. The molecule has 0 bridgehead atoms. The van der Waals surface area contributed by atoms with Crippen molar-refractivity contribution >= 4 is 33.2 Å². The van der Waals surface area contributed by atoms with Crippen molar-refractivity contribution in [2.75, 3.05) is 19.1 Å². The summed E-state index contributed by atoms with van der Waals surface area (Å²) < 4.78 is 1.39. The molecule has 2 aromatic rings. The summed E-state index contributed by atoms with van der Waals surface area (Å²) in [5.41, 5.74) is 1.46. The number of fused-ring (bicyclic) bond motifs is 1. The fourth-order valence-corrected chi connectivity index (χ4v) is 3.45. The summed E-state index contributed by atoms with van der Waals surface area (Å²) in [5.74, 6) is 1.20. The number of nitrogens with one attached hydrogen (secondary N) is 1. The van der Waals surface area contributed by atoms with Gasteiger partial charge in [0.15, 0.2) is 0 Å². The highest BCUT2D eigenvalue weighted by atomic mass is 32.2. The molecule has 16 heavy (non-hydrogen) atoms. The fraction of sp³-hybridized carbons (Fsp3) is 0.385. The van der Waals surface area contributed by atoms with Gasteiger partial charge < -0.3 is 5.32 Å². The van der Waals surface area contributed by atoms with Gasteiger partial charge in [0.25, 0.3) is 0 Å². The van der Waals surface area contributed by atoms with Crippen molar-refractivity contribution in [3.05, 3.63) is 35.2 Å². The van der Waals surface area contributed by atoms with Gasteiger partial charge >= 0.3 is 0 Å². The zero-order valence-electron chi connectivity index (χ0n) is 9.69. The average Bonchev–Trinajstić information content (AvgIpc) is 2.75. The molecule has 0 aliphatic rings. The quantitative estimate of drug-likeness (QED) is 0.864. The van der Waals surface area contributed by atoms with E-state index >= 15 is 0 Å². The molecule has 3 heteroatoms. The minimum atomic E-state index is 0.489. The molecule has 1 aromatic carbocycles. The van der Waals surface area contributed by atoms with Crippen LogP contribution in [0.15, 0.2) is 29.6 Å². The molecule has 0 aliphatic heterocycles. The summed E-state index contributed by atoms with van der Waals surface area (Å²) in [6.45, 7) is 0. The largest absolute Gasteiger partial charge is 0.313 e. The van der Waals surface area contributed by atoms with Gasteiger partial charge in [-0.15, -0.1) is 11.3 Å². The minimum Gasteiger partial charge on any atom is -0.313 e. The van der Waals surface area contributed by atoms with Crippen molar-refractivity contribution in [1.29, 1.82) is 0 Å². The van der Waals surface area contributed by atoms with Crippen LogP contribution in [0.4, 0.5) is 0 Å². The van der Waals surface area contributed by atoms with Crippen LogP contribution in [0.2, 0.25) is 0 Å². The van der Waals surface area contributed by atoms with Crippen molar-refractivity contribution in [3.63, 3.8) is 0 Å². The van der Waals surface area contributed by atoms with E-state index in [9.17, 15) is 0 Å². The van der Waals surface area contributed by atoms with E-state index in [0.29, 0.717) is 6.04 Å². The van der Waals surface area contributed by atoms with Gasteiger partial charge in [0.2, 0.25) is 0 Å². The van der Waals surface area contributed by atoms with Gasteiger partial charge in [0.05, 0.1) is 0 Å². The Morgan fingerprint density at radius 3 is 2.94 bits per heavy atom. The van der Waals surface area contributed by atoms with Crippen molar-refractivity contribution in [1.82, 2.24) is 5.32 Å². The second-order valence-electron chi connectivity index (χ2n) is 3.81. The molecular formula is C13H17NS2. The minimum absolute atomic E-state index is 0.489. The van der Waals surface area contributed by atoms with Gasteiger partial charge in [-0.3, -0.25) is 0 Å². The van der Waals surface area contributed by atoms with Crippen LogP contribution in [-0.4, -0.2) is 19.1 Å². The topological polar surface area (TPSA) is 12.0 Å². The third kappa shape index (κ3) is 2.42. The molecule has 1 nitrogen and oxygen atoms in total. The van der Waals surface area contributed by atoms with Crippen molar-refractivity contribution in [2.24, 2.45) is 0 Å². The zero-order valence-corrected chi connectivity index (χ0v) is 11.3. The molecule has 1 atom stereocenters. The van der Waals surface area contributed by atoms with E-state index in [4.69, 9.17) is 0 Å². The lowest BCUT2D eigenvalue weighted by atomic mass is 10.0. The third-order valence-electron chi connectivity index (χ3n) is 2.85. The Morgan fingerprint density at radius 2 is 2.19 bits per heavy atom. The van der Waals surface area contributed by atoms with E-state index in [0.717, 1.165) is 0 Å². The normalized spacial score (nSPS) is 13.1. The zero-order chi connectivity index (χ0) is 11.4. The molecule has 1 N–H and O–H groups in total. The van der Waals surface area contributed by atoms with Crippen LogP contribution in [0.5, 0.6) is 0 Å². The van der Waals surface area contributed by atoms with E-state index < -0.39 is 0 Å². The molecule has 0 aliphatic carbocycles. The molecule has 86 valence electrons. The summed E-state index contributed by atoms with van der Waals surface area (Å²) in [6, 6.07) is 9.15. The lowest BCUT2D eigenvalue weighted by Gasteiger charge is -2.15. The first-order valence-corrected chi connectivity index (χ1v) is 7.76. The van der Waals surface area contributed by atoms with Gasteiger partial charge in [-0.05, 0) is 47.9 Å². The summed E-state index contributed by atoms with van der Waals surface area (Å²) in [6.07, 6.45) is 3.36. The molecule has 0 radical (unpaired) electrons. The molecule has 0 amide bonds. The smallest absolute Gasteiger partial charge is 0.0346 e. The maximum Gasteiger partial charge on any atom is 0.0346 e. The predicted octanol–water partition coefficient (Wildman–Crippen LogP) is 3.91. The van der Waals surface area contributed by atoms with E-state index in [2.05, 4.69) is 48.3 Å². The Labute approximate surface area is 105 Å². The van der Waals surface area contributed by atoms with Crippen LogP contribution in [0.3, 0.4) is 0 Å². The van der Waals surface area contributed by atoms with E-state index in [1.54, 1.807) is 0 Å². The van der Waals surface area contributed by atoms with Crippen LogP contribution in [0.1, 0.15) is 18.0 Å².